The quantitative estimate of drug-likeness (QED) is 0.816. The third-order valence-electron chi connectivity index (χ3n) is 2.61. The van der Waals surface area contributed by atoms with Gasteiger partial charge >= 0.3 is 5.97 Å². The molecule has 4 nitrogen and oxygen atoms in total. The molecular formula is C14H15BrN2O2. The predicted molar refractivity (Wildman–Crippen MR) is 78.9 cm³/mol. The molecule has 1 aromatic rings. The van der Waals surface area contributed by atoms with Crippen molar-refractivity contribution in [2.24, 2.45) is 0 Å². The van der Waals surface area contributed by atoms with Crippen LogP contribution in [0.4, 0.5) is 5.69 Å². The van der Waals surface area contributed by atoms with E-state index in [4.69, 9.17) is 10.4 Å². The van der Waals surface area contributed by atoms with Crippen LogP contribution in [-0.2, 0) is 4.79 Å². The second-order valence-electron chi connectivity index (χ2n) is 3.86. The van der Waals surface area contributed by atoms with Crippen molar-refractivity contribution in [1.29, 1.82) is 5.26 Å². The smallest absolute Gasteiger partial charge is 0.328 e. The van der Waals surface area contributed by atoms with Crippen LogP contribution in [0.5, 0.6) is 0 Å². The topological polar surface area (TPSA) is 64.3 Å². The number of anilines is 1. The Labute approximate surface area is 121 Å². The number of halogens is 1. The number of hydrogen-bond acceptors (Lipinski definition) is 3. The minimum absolute atomic E-state index is 0.433. The van der Waals surface area contributed by atoms with E-state index in [1.165, 1.54) is 0 Å². The number of carbonyl (C=O) groups is 1. The Morgan fingerprint density at radius 3 is 2.89 bits per heavy atom. The van der Waals surface area contributed by atoms with E-state index in [-0.39, 0.29) is 0 Å². The second kappa shape index (κ2) is 7.59. The lowest BCUT2D eigenvalue weighted by Gasteiger charge is -2.24. The van der Waals surface area contributed by atoms with Gasteiger partial charge in [0.25, 0.3) is 0 Å². The van der Waals surface area contributed by atoms with Crippen LogP contribution in [0.3, 0.4) is 0 Å². The highest BCUT2D eigenvalue weighted by Gasteiger charge is 2.09. The molecule has 1 N–H and O–H groups in total. The fourth-order valence-corrected chi connectivity index (χ4v) is 2.08. The highest BCUT2D eigenvalue weighted by molar-refractivity contribution is 9.10. The average molecular weight is 323 g/mol. The number of carboxylic acid groups (broad SMARTS) is 1. The fourth-order valence-electron chi connectivity index (χ4n) is 1.73. The van der Waals surface area contributed by atoms with Crippen molar-refractivity contribution < 1.29 is 9.90 Å². The molecule has 5 heteroatoms. The Hall–Kier alpha value is -1.80. The molecule has 0 saturated heterocycles. The van der Waals surface area contributed by atoms with Crippen LogP contribution in [0.1, 0.15) is 18.9 Å². The maximum Gasteiger partial charge on any atom is 0.328 e. The SMILES string of the molecule is CCN(CCC#N)c1cc(Br)ccc1C=CC(=O)O. The van der Waals surface area contributed by atoms with Crippen molar-refractivity contribution in [1.82, 2.24) is 0 Å². The van der Waals surface area contributed by atoms with Gasteiger partial charge < -0.3 is 10.0 Å². The number of nitrogens with zero attached hydrogens (tertiary/aromatic N) is 2. The maximum atomic E-state index is 10.6. The molecular weight excluding hydrogens is 308 g/mol. The highest BCUT2D eigenvalue weighted by Crippen LogP contribution is 2.26. The van der Waals surface area contributed by atoms with Crippen LogP contribution in [-0.4, -0.2) is 24.2 Å². The molecule has 0 bridgehead atoms. The van der Waals surface area contributed by atoms with Gasteiger partial charge in [-0.2, -0.15) is 5.26 Å². The van der Waals surface area contributed by atoms with Gasteiger partial charge in [-0.05, 0) is 30.7 Å². The summed E-state index contributed by atoms with van der Waals surface area (Å²) >= 11 is 3.41. The Balaban J connectivity index is 3.11. The Bertz CT molecular complexity index is 521. The Morgan fingerprint density at radius 2 is 2.32 bits per heavy atom. The summed E-state index contributed by atoms with van der Waals surface area (Å²) in [6.07, 6.45) is 3.12. The summed E-state index contributed by atoms with van der Waals surface area (Å²) in [4.78, 5) is 12.7. The molecule has 0 fully saturated rings. The molecule has 0 aromatic heterocycles. The lowest BCUT2D eigenvalue weighted by atomic mass is 10.1. The van der Waals surface area contributed by atoms with Gasteiger partial charge in [0, 0.05) is 29.3 Å². The summed E-state index contributed by atoms with van der Waals surface area (Å²) < 4.78 is 0.922. The molecule has 0 aliphatic heterocycles. The van der Waals surface area contributed by atoms with Gasteiger partial charge in [0.05, 0.1) is 12.5 Å². The largest absolute Gasteiger partial charge is 0.478 e. The summed E-state index contributed by atoms with van der Waals surface area (Å²) in [5.74, 6) is -0.978. The molecule has 0 saturated carbocycles. The zero-order valence-electron chi connectivity index (χ0n) is 10.6. The minimum Gasteiger partial charge on any atom is -0.478 e. The van der Waals surface area contributed by atoms with Gasteiger partial charge in [0.2, 0.25) is 0 Å². The van der Waals surface area contributed by atoms with Crippen LogP contribution in [0.25, 0.3) is 6.08 Å². The molecule has 0 atom stereocenters. The Morgan fingerprint density at radius 1 is 1.58 bits per heavy atom. The van der Waals surface area contributed by atoms with E-state index in [9.17, 15) is 4.79 Å². The summed E-state index contributed by atoms with van der Waals surface area (Å²) in [6.45, 7) is 3.38. The molecule has 1 rings (SSSR count). The van der Waals surface area contributed by atoms with E-state index in [1.54, 1.807) is 6.08 Å². The van der Waals surface area contributed by atoms with Gasteiger partial charge in [-0.1, -0.05) is 22.0 Å². The zero-order chi connectivity index (χ0) is 14.3. The summed E-state index contributed by atoms with van der Waals surface area (Å²) in [5, 5.41) is 17.4. The molecule has 0 heterocycles. The van der Waals surface area contributed by atoms with E-state index in [1.807, 2.05) is 25.1 Å². The standard InChI is InChI=1S/C14H15BrN2O2/c1-2-17(9-3-8-16)13-10-12(15)6-4-11(13)5-7-14(18)19/h4-7,10H,2-3,9H2,1H3,(H,18,19). The lowest BCUT2D eigenvalue weighted by Crippen LogP contribution is -2.24. The number of carboxylic acids is 1. The third-order valence-corrected chi connectivity index (χ3v) is 3.11. The summed E-state index contributed by atoms with van der Waals surface area (Å²) in [7, 11) is 0. The van der Waals surface area contributed by atoms with E-state index in [0.29, 0.717) is 13.0 Å². The van der Waals surface area contributed by atoms with Crippen molar-refractivity contribution >= 4 is 33.7 Å². The van der Waals surface area contributed by atoms with Gasteiger partial charge in [-0.15, -0.1) is 0 Å². The summed E-state index contributed by atoms with van der Waals surface area (Å²) in [5.41, 5.74) is 1.75. The van der Waals surface area contributed by atoms with Gasteiger partial charge in [0.15, 0.2) is 0 Å². The van der Waals surface area contributed by atoms with Crippen LogP contribution in [0.15, 0.2) is 28.7 Å². The van der Waals surface area contributed by atoms with E-state index >= 15 is 0 Å². The normalized spacial score (nSPS) is 10.4. The number of nitriles is 1. The molecule has 0 aliphatic carbocycles. The minimum atomic E-state index is -0.978. The third kappa shape index (κ3) is 4.76. The average Bonchev–Trinajstić information content (AvgIpc) is 2.38. The number of benzene rings is 1. The maximum absolute atomic E-state index is 10.6. The monoisotopic (exact) mass is 322 g/mol. The van der Waals surface area contributed by atoms with E-state index < -0.39 is 5.97 Å². The van der Waals surface area contributed by atoms with Crippen molar-refractivity contribution in [3.05, 3.63) is 34.3 Å². The number of hydrogen-bond donors (Lipinski definition) is 1. The van der Waals surface area contributed by atoms with Crippen LogP contribution in [0.2, 0.25) is 0 Å². The van der Waals surface area contributed by atoms with Gasteiger partial charge in [0.1, 0.15) is 0 Å². The fraction of sp³-hybridized carbons (Fsp3) is 0.286. The number of aliphatic carboxylic acids is 1. The first-order valence-corrected chi connectivity index (χ1v) is 6.70. The molecule has 0 unspecified atom stereocenters. The first-order valence-electron chi connectivity index (χ1n) is 5.91. The van der Waals surface area contributed by atoms with Gasteiger partial charge in [-0.25, -0.2) is 4.79 Å². The summed E-state index contributed by atoms with van der Waals surface area (Å²) in [6, 6.07) is 7.77. The predicted octanol–water partition coefficient (Wildman–Crippen LogP) is 3.29. The van der Waals surface area contributed by atoms with Crippen molar-refractivity contribution in [3.63, 3.8) is 0 Å². The van der Waals surface area contributed by atoms with Crippen molar-refractivity contribution in [3.8, 4) is 6.07 Å². The molecule has 1 aromatic carbocycles. The molecule has 0 spiro atoms. The van der Waals surface area contributed by atoms with Crippen molar-refractivity contribution in [2.75, 3.05) is 18.0 Å². The van der Waals surface area contributed by atoms with Crippen molar-refractivity contribution in [2.45, 2.75) is 13.3 Å². The molecule has 19 heavy (non-hydrogen) atoms. The van der Waals surface area contributed by atoms with E-state index in [2.05, 4.69) is 26.9 Å². The Kier molecular flexibility index (Phi) is 6.10. The first-order chi connectivity index (χ1) is 9.08. The lowest BCUT2D eigenvalue weighted by molar-refractivity contribution is -0.131. The van der Waals surface area contributed by atoms with Crippen LogP contribution in [0, 0.1) is 11.3 Å². The van der Waals surface area contributed by atoms with Crippen LogP contribution >= 0.6 is 15.9 Å². The van der Waals surface area contributed by atoms with Crippen LogP contribution < -0.4 is 4.90 Å². The molecule has 100 valence electrons. The zero-order valence-corrected chi connectivity index (χ0v) is 12.2. The second-order valence-corrected chi connectivity index (χ2v) is 4.78. The van der Waals surface area contributed by atoms with Gasteiger partial charge in [-0.3, -0.25) is 0 Å². The molecule has 0 aliphatic rings. The molecule has 0 amide bonds. The van der Waals surface area contributed by atoms with E-state index in [0.717, 1.165) is 28.3 Å². The number of rotatable bonds is 6. The molecule has 0 radical (unpaired) electrons. The highest BCUT2D eigenvalue weighted by atomic mass is 79.9. The first kappa shape index (κ1) is 15.3.